The van der Waals surface area contributed by atoms with E-state index in [9.17, 15) is 23.1 Å². The Hall–Kier alpha value is -2.07. The maximum Gasteiger partial charge on any atom is 0.417 e. The number of aliphatic hydroxyl groups is 1. The number of nitrogens with zero attached hydrogens (tertiary/aromatic N) is 2. The normalized spacial score (nSPS) is 17.6. The zero-order valence-electron chi connectivity index (χ0n) is 12.4. The molecule has 0 radical (unpaired) electrons. The van der Waals surface area contributed by atoms with E-state index in [4.69, 9.17) is 5.26 Å². The highest BCUT2D eigenvalue weighted by molar-refractivity contribution is 5.79. The van der Waals surface area contributed by atoms with Crippen molar-refractivity contribution in [2.45, 2.75) is 37.5 Å². The number of amides is 1. The van der Waals surface area contributed by atoms with Gasteiger partial charge in [-0.15, -0.1) is 0 Å². The lowest BCUT2D eigenvalue weighted by Gasteiger charge is -2.39. The number of hydrogen-bond donors (Lipinski definition) is 1. The molecule has 0 saturated carbocycles. The van der Waals surface area contributed by atoms with Crippen molar-refractivity contribution in [3.05, 3.63) is 35.4 Å². The van der Waals surface area contributed by atoms with Crippen molar-refractivity contribution in [2.24, 2.45) is 0 Å². The molecule has 0 aromatic heterocycles. The highest BCUT2D eigenvalue weighted by Gasteiger charge is 2.54. The lowest BCUT2D eigenvalue weighted by molar-refractivity contribution is -0.272. The highest BCUT2D eigenvalue weighted by Crippen LogP contribution is 2.38. The zero-order chi connectivity index (χ0) is 17.1. The molecule has 1 amide bonds. The third-order valence-corrected chi connectivity index (χ3v) is 4.20. The molecule has 4 nitrogen and oxygen atoms in total. The topological polar surface area (TPSA) is 64.3 Å². The smallest absolute Gasteiger partial charge is 0.380 e. The molecule has 1 aliphatic heterocycles. The Morgan fingerprint density at radius 1 is 1.26 bits per heavy atom. The minimum atomic E-state index is -4.68. The molecule has 0 bridgehead atoms. The van der Waals surface area contributed by atoms with E-state index in [2.05, 4.69) is 0 Å². The average molecular weight is 326 g/mol. The summed E-state index contributed by atoms with van der Waals surface area (Å²) in [4.78, 5) is 13.6. The first-order valence-corrected chi connectivity index (χ1v) is 7.27. The first kappa shape index (κ1) is 17.3. The molecule has 7 heteroatoms. The minimum Gasteiger partial charge on any atom is -0.380 e. The SMILES string of the molecule is N#CCc1ccccc1CC(=O)N1CCC(O)(C(F)(F)F)CC1. The fraction of sp³-hybridized carbons (Fsp3) is 0.500. The number of carbonyl (C=O) groups excluding carboxylic acids is 1. The van der Waals surface area contributed by atoms with Crippen molar-refractivity contribution in [1.82, 2.24) is 4.90 Å². The van der Waals surface area contributed by atoms with Crippen LogP contribution in [-0.2, 0) is 17.6 Å². The molecular formula is C16H17F3N2O2. The maximum atomic E-state index is 12.8. The van der Waals surface area contributed by atoms with Gasteiger partial charge in [0.25, 0.3) is 0 Å². The lowest BCUT2D eigenvalue weighted by Crippen LogP contribution is -2.54. The molecule has 23 heavy (non-hydrogen) atoms. The number of rotatable bonds is 3. The molecule has 0 atom stereocenters. The quantitative estimate of drug-likeness (QED) is 0.926. The van der Waals surface area contributed by atoms with Crippen LogP contribution in [0.4, 0.5) is 13.2 Å². The third-order valence-electron chi connectivity index (χ3n) is 4.20. The second-order valence-corrected chi connectivity index (χ2v) is 5.69. The van der Waals surface area contributed by atoms with Crippen LogP contribution in [-0.4, -0.2) is 40.8 Å². The Morgan fingerprint density at radius 3 is 2.35 bits per heavy atom. The van der Waals surface area contributed by atoms with Crippen LogP contribution >= 0.6 is 0 Å². The fourth-order valence-corrected chi connectivity index (χ4v) is 2.67. The number of nitriles is 1. The van der Waals surface area contributed by atoms with Crippen molar-refractivity contribution >= 4 is 5.91 Å². The molecule has 1 heterocycles. The number of piperidine rings is 1. The number of carbonyl (C=O) groups is 1. The van der Waals surface area contributed by atoms with E-state index in [1.54, 1.807) is 24.3 Å². The molecular weight excluding hydrogens is 309 g/mol. The third kappa shape index (κ3) is 3.82. The summed E-state index contributed by atoms with van der Waals surface area (Å²) >= 11 is 0. The Balaban J connectivity index is 2.00. The van der Waals surface area contributed by atoms with Gasteiger partial charge in [0.05, 0.1) is 18.9 Å². The molecule has 124 valence electrons. The van der Waals surface area contributed by atoms with E-state index < -0.39 is 24.6 Å². The second kappa shape index (κ2) is 6.59. The highest BCUT2D eigenvalue weighted by atomic mass is 19.4. The number of hydrogen-bond acceptors (Lipinski definition) is 3. The van der Waals surface area contributed by atoms with Crippen molar-refractivity contribution in [2.75, 3.05) is 13.1 Å². The van der Waals surface area contributed by atoms with E-state index in [1.165, 1.54) is 4.90 Å². The average Bonchev–Trinajstić information content (AvgIpc) is 2.49. The van der Waals surface area contributed by atoms with Gasteiger partial charge in [0, 0.05) is 25.9 Å². The lowest BCUT2D eigenvalue weighted by atomic mass is 9.90. The van der Waals surface area contributed by atoms with E-state index in [0.29, 0.717) is 5.56 Å². The van der Waals surface area contributed by atoms with Crippen molar-refractivity contribution in [3.63, 3.8) is 0 Å². The molecule has 1 aliphatic rings. The summed E-state index contributed by atoms with van der Waals surface area (Å²) in [5, 5.41) is 18.4. The summed E-state index contributed by atoms with van der Waals surface area (Å²) in [6.07, 6.45) is -5.48. The fourth-order valence-electron chi connectivity index (χ4n) is 2.67. The van der Waals surface area contributed by atoms with Gasteiger partial charge in [0.15, 0.2) is 5.60 Å². The van der Waals surface area contributed by atoms with Crippen molar-refractivity contribution in [1.29, 1.82) is 5.26 Å². The monoisotopic (exact) mass is 326 g/mol. The van der Waals surface area contributed by atoms with Crippen LogP contribution in [0.15, 0.2) is 24.3 Å². The summed E-state index contributed by atoms with van der Waals surface area (Å²) in [6.45, 7) is -0.259. The second-order valence-electron chi connectivity index (χ2n) is 5.69. The zero-order valence-corrected chi connectivity index (χ0v) is 12.4. The van der Waals surface area contributed by atoms with Gasteiger partial charge in [0.2, 0.25) is 5.91 Å². The van der Waals surface area contributed by atoms with Crippen molar-refractivity contribution < 1.29 is 23.1 Å². The summed E-state index contributed by atoms with van der Waals surface area (Å²) < 4.78 is 38.3. The van der Waals surface area contributed by atoms with Gasteiger partial charge in [-0.2, -0.15) is 18.4 Å². The molecule has 1 aromatic rings. The maximum absolute atomic E-state index is 12.8. The Kier molecular flexibility index (Phi) is 4.95. The summed E-state index contributed by atoms with van der Waals surface area (Å²) in [7, 11) is 0. The van der Waals surface area contributed by atoms with Crippen LogP contribution in [0.3, 0.4) is 0 Å². The number of alkyl halides is 3. The molecule has 1 N–H and O–H groups in total. The molecule has 0 aliphatic carbocycles. The van der Waals surface area contributed by atoms with Gasteiger partial charge in [-0.1, -0.05) is 24.3 Å². The first-order valence-electron chi connectivity index (χ1n) is 7.27. The Labute approximate surface area is 132 Å². The minimum absolute atomic E-state index is 0.0439. The number of likely N-dealkylation sites (tertiary alicyclic amines) is 1. The first-order chi connectivity index (χ1) is 10.8. The molecule has 1 saturated heterocycles. The Bertz CT molecular complexity index is 614. The summed E-state index contributed by atoms with van der Waals surface area (Å²) in [5.74, 6) is -0.292. The number of benzene rings is 1. The van der Waals surface area contributed by atoms with Crippen LogP contribution in [0.25, 0.3) is 0 Å². The van der Waals surface area contributed by atoms with Gasteiger partial charge in [-0.25, -0.2) is 0 Å². The van der Waals surface area contributed by atoms with Gasteiger partial charge < -0.3 is 10.0 Å². The molecule has 2 rings (SSSR count). The number of halogens is 3. The largest absolute Gasteiger partial charge is 0.417 e. The molecule has 1 fully saturated rings. The summed E-state index contributed by atoms with van der Waals surface area (Å²) in [6, 6.07) is 9.03. The van der Waals surface area contributed by atoms with E-state index in [0.717, 1.165) is 5.56 Å². The van der Waals surface area contributed by atoms with E-state index in [1.807, 2.05) is 6.07 Å². The van der Waals surface area contributed by atoms with Crippen molar-refractivity contribution in [3.8, 4) is 6.07 Å². The van der Waals surface area contributed by atoms with Gasteiger partial charge >= 0.3 is 6.18 Å². The molecule has 0 spiro atoms. The standard InChI is InChI=1S/C16H17F3N2O2/c17-16(18,19)15(23)6-9-21(10-7-15)14(22)11-13-4-2-1-3-12(13)5-8-20/h1-4,23H,5-7,9-11H2. The van der Waals surface area contributed by atoms with Crippen LogP contribution in [0.2, 0.25) is 0 Å². The van der Waals surface area contributed by atoms with Gasteiger partial charge in [-0.05, 0) is 11.1 Å². The predicted octanol–water partition coefficient (Wildman–Crippen LogP) is 2.21. The van der Waals surface area contributed by atoms with Crippen LogP contribution in [0, 0.1) is 11.3 Å². The van der Waals surface area contributed by atoms with E-state index in [-0.39, 0.29) is 31.8 Å². The Morgan fingerprint density at radius 2 is 1.83 bits per heavy atom. The van der Waals surface area contributed by atoms with Crippen LogP contribution in [0.1, 0.15) is 24.0 Å². The van der Waals surface area contributed by atoms with E-state index >= 15 is 0 Å². The van der Waals surface area contributed by atoms with Crippen LogP contribution in [0.5, 0.6) is 0 Å². The molecule has 0 unspecified atom stereocenters. The summed E-state index contributed by atoms with van der Waals surface area (Å²) in [5.41, 5.74) is -1.26. The van der Waals surface area contributed by atoms with Crippen LogP contribution < -0.4 is 0 Å². The predicted molar refractivity (Wildman–Crippen MR) is 76.3 cm³/mol. The van der Waals surface area contributed by atoms with Gasteiger partial charge in [-0.3, -0.25) is 4.79 Å². The molecule has 1 aromatic carbocycles. The van der Waals surface area contributed by atoms with Gasteiger partial charge in [0.1, 0.15) is 0 Å².